The molecule has 2 rings (SSSR count). The van der Waals surface area contributed by atoms with Crippen LogP contribution in [0.4, 0.5) is 0 Å². The van der Waals surface area contributed by atoms with Crippen LogP contribution in [0.25, 0.3) is 0 Å². The SMILES string of the molecule is Cc1cc(C(N)C2CC(C)(C)OC2(C)C)co1. The van der Waals surface area contributed by atoms with Crippen molar-refractivity contribution in [2.75, 3.05) is 0 Å². The van der Waals surface area contributed by atoms with E-state index in [1.807, 2.05) is 13.0 Å². The summed E-state index contributed by atoms with van der Waals surface area (Å²) in [5, 5.41) is 0. The van der Waals surface area contributed by atoms with Crippen molar-refractivity contribution < 1.29 is 9.15 Å². The zero-order valence-electron chi connectivity index (χ0n) is 11.4. The molecule has 17 heavy (non-hydrogen) atoms. The molecule has 1 aliphatic rings. The minimum absolute atomic E-state index is 0.0239. The molecule has 0 saturated carbocycles. The Morgan fingerprint density at radius 1 is 1.35 bits per heavy atom. The van der Waals surface area contributed by atoms with Crippen LogP contribution < -0.4 is 5.73 Å². The van der Waals surface area contributed by atoms with Crippen LogP contribution in [0.2, 0.25) is 0 Å². The summed E-state index contributed by atoms with van der Waals surface area (Å²) < 4.78 is 11.4. The maximum Gasteiger partial charge on any atom is 0.101 e. The molecule has 3 nitrogen and oxygen atoms in total. The van der Waals surface area contributed by atoms with Gasteiger partial charge < -0.3 is 14.9 Å². The third kappa shape index (κ3) is 2.40. The van der Waals surface area contributed by atoms with Crippen LogP contribution in [0.5, 0.6) is 0 Å². The van der Waals surface area contributed by atoms with Crippen molar-refractivity contribution in [2.45, 2.75) is 58.3 Å². The highest BCUT2D eigenvalue weighted by molar-refractivity contribution is 5.19. The minimum Gasteiger partial charge on any atom is -0.469 e. The third-order valence-electron chi connectivity index (χ3n) is 3.71. The monoisotopic (exact) mass is 237 g/mol. The van der Waals surface area contributed by atoms with Crippen LogP contribution in [0.3, 0.4) is 0 Å². The number of hydrogen-bond donors (Lipinski definition) is 1. The van der Waals surface area contributed by atoms with Crippen molar-refractivity contribution in [3.8, 4) is 0 Å². The van der Waals surface area contributed by atoms with Crippen LogP contribution >= 0.6 is 0 Å². The number of hydrogen-bond acceptors (Lipinski definition) is 3. The average molecular weight is 237 g/mol. The lowest BCUT2D eigenvalue weighted by atomic mass is 9.80. The van der Waals surface area contributed by atoms with E-state index in [1.165, 1.54) is 0 Å². The fraction of sp³-hybridized carbons (Fsp3) is 0.714. The van der Waals surface area contributed by atoms with E-state index >= 15 is 0 Å². The second-order valence-corrected chi connectivity index (χ2v) is 6.29. The van der Waals surface area contributed by atoms with Gasteiger partial charge in [-0.15, -0.1) is 0 Å². The molecule has 0 aliphatic carbocycles. The molecule has 1 saturated heterocycles. The van der Waals surface area contributed by atoms with Crippen molar-refractivity contribution in [2.24, 2.45) is 11.7 Å². The Kier molecular flexibility index (Phi) is 2.87. The summed E-state index contributed by atoms with van der Waals surface area (Å²) in [5.41, 5.74) is 7.16. The normalized spacial score (nSPS) is 28.2. The van der Waals surface area contributed by atoms with Crippen molar-refractivity contribution in [1.82, 2.24) is 0 Å². The van der Waals surface area contributed by atoms with Gasteiger partial charge in [0.1, 0.15) is 5.76 Å². The first-order chi connectivity index (χ1) is 7.71. The first-order valence-corrected chi connectivity index (χ1v) is 6.22. The van der Waals surface area contributed by atoms with Crippen LogP contribution in [-0.4, -0.2) is 11.2 Å². The molecule has 1 aliphatic heterocycles. The first-order valence-electron chi connectivity index (χ1n) is 6.22. The van der Waals surface area contributed by atoms with E-state index in [0.29, 0.717) is 5.92 Å². The molecular formula is C14H23NO2. The largest absolute Gasteiger partial charge is 0.469 e. The van der Waals surface area contributed by atoms with Gasteiger partial charge in [-0.05, 0) is 47.1 Å². The minimum atomic E-state index is -0.186. The topological polar surface area (TPSA) is 48.4 Å². The van der Waals surface area contributed by atoms with Gasteiger partial charge in [0.05, 0.1) is 17.5 Å². The third-order valence-corrected chi connectivity index (χ3v) is 3.71. The Bertz CT molecular complexity index is 406. The van der Waals surface area contributed by atoms with Gasteiger partial charge in [-0.3, -0.25) is 0 Å². The van der Waals surface area contributed by atoms with E-state index in [2.05, 4.69) is 27.7 Å². The van der Waals surface area contributed by atoms with Crippen LogP contribution in [0.15, 0.2) is 16.7 Å². The van der Waals surface area contributed by atoms with E-state index in [-0.39, 0.29) is 17.2 Å². The molecule has 1 fully saturated rings. The van der Waals surface area contributed by atoms with Crippen LogP contribution in [0.1, 0.15) is 51.5 Å². The van der Waals surface area contributed by atoms with Gasteiger partial charge in [0.2, 0.25) is 0 Å². The molecule has 0 amide bonds. The standard InChI is InChI=1S/C14H23NO2/c1-9-6-10(8-16-9)12(15)11-7-13(2,3)17-14(11,4)5/h6,8,11-12H,7,15H2,1-5H3. The van der Waals surface area contributed by atoms with E-state index in [9.17, 15) is 0 Å². The van der Waals surface area contributed by atoms with Crippen LogP contribution in [0, 0.1) is 12.8 Å². The predicted octanol–water partition coefficient (Wildman–Crippen LogP) is 3.18. The molecule has 96 valence electrons. The maximum absolute atomic E-state index is 6.37. The highest BCUT2D eigenvalue weighted by Crippen LogP contribution is 2.46. The highest BCUT2D eigenvalue weighted by Gasteiger charge is 2.48. The molecule has 0 bridgehead atoms. The molecule has 2 N–H and O–H groups in total. The Morgan fingerprint density at radius 3 is 2.41 bits per heavy atom. The second-order valence-electron chi connectivity index (χ2n) is 6.29. The van der Waals surface area contributed by atoms with Gasteiger partial charge in [0.25, 0.3) is 0 Å². The van der Waals surface area contributed by atoms with Gasteiger partial charge in [-0.2, -0.15) is 0 Å². The van der Waals surface area contributed by atoms with Crippen LogP contribution in [-0.2, 0) is 4.74 Å². The smallest absolute Gasteiger partial charge is 0.101 e. The molecule has 1 aromatic heterocycles. The molecular weight excluding hydrogens is 214 g/mol. The Morgan fingerprint density at radius 2 is 2.00 bits per heavy atom. The summed E-state index contributed by atoms with van der Waals surface area (Å²) in [6.07, 6.45) is 2.74. The Balaban J connectivity index is 2.23. The average Bonchev–Trinajstić information content (AvgIpc) is 2.66. The summed E-state index contributed by atoms with van der Waals surface area (Å²) >= 11 is 0. The fourth-order valence-corrected chi connectivity index (χ4v) is 3.04. The summed E-state index contributed by atoms with van der Waals surface area (Å²) in [7, 11) is 0. The summed E-state index contributed by atoms with van der Waals surface area (Å²) in [4.78, 5) is 0. The molecule has 3 heteroatoms. The summed E-state index contributed by atoms with van der Waals surface area (Å²) in [6, 6.07) is 2.00. The van der Waals surface area contributed by atoms with Gasteiger partial charge in [0.15, 0.2) is 0 Å². The Hall–Kier alpha value is -0.800. The first kappa shape index (κ1) is 12.7. The van der Waals surface area contributed by atoms with Gasteiger partial charge >= 0.3 is 0 Å². The van der Waals surface area contributed by atoms with E-state index in [1.54, 1.807) is 6.26 Å². The molecule has 2 unspecified atom stereocenters. The van der Waals surface area contributed by atoms with Crippen molar-refractivity contribution in [3.05, 3.63) is 23.7 Å². The maximum atomic E-state index is 6.37. The number of rotatable bonds is 2. The fourth-order valence-electron chi connectivity index (χ4n) is 3.04. The van der Waals surface area contributed by atoms with Crippen molar-refractivity contribution in [1.29, 1.82) is 0 Å². The van der Waals surface area contributed by atoms with Crippen molar-refractivity contribution >= 4 is 0 Å². The number of nitrogens with two attached hydrogens (primary N) is 1. The number of furan rings is 1. The summed E-state index contributed by atoms with van der Waals surface area (Å²) in [6.45, 7) is 10.4. The number of ether oxygens (including phenoxy) is 1. The lowest BCUT2D eigenvalue weighted by molar-refractivity contribution is -0.0767. The molecule has 0 spiro atoms. The predicted molar refractivity (Wildman–Crippen MR) is 67.7 cm³/mol. The highest BCUT2D eigenvalue weighted by atomic mass is 16.5. The second kappa shape index (κ2) is 3.85. The van der Waals surface area contributed by atoms with Gasteiger partial charge in [0, 0.05) is 17.5 Å². The van der Waals surface area contributed by atoms with E-state index < -0.39 is 0 Å². The molecule has 2 heterocycles. The van der Waals surface area contributed by atoms with E-state index in [4.69, 9.17) is 14.9 Å². The molecule has 2 atom stereocenters. The zero-order valence-corrected chi connectivity index (χ0v) is 11.4. The van der Waals surface area contributed by atoms with E-state index in [0.717, 1.165) is 17.7 Å². The zero-order chi connectivity index (χ0) is 12.8. The van der Waals surface area contributed by atoms with Gasteiger partial charge in [-0.25, -0.2) is 0 Å². The quantitative estimate of drug-likeness (QED) is 0.859. The van der Waals surface area contributed by atoms with Crippen molar-refractivity contribution in [3.63, 3.8) is 0 Å². The number of aryl methyl sites for hydroxylation is 1. The molecule has 0 aromatic carbocycles. The Labute approximate surface area is 103 Å². The van der Waals surface area contributed by atoms with Gasteiger partial charge in [-0.1, -0.05) is 0 Å². The molecule has 1 aromatic rings. The lowest BCUT2D eigenvalue weighted by Gasteiger charge is -2.30. The summed E-state index contributed by atoms with van der Waals surface area (Å²) in [5.74, 6) is 1.22. The molecule has 0 radical (unpaired) electrons. The lowest BCUT2D eigenvalue weighted by Crippen LogP contribution is -2.35.